The Kier molecular flexibility index (Phi) is 6.46. The number of aromatic nitrogens is 2. The van der Waals surface area contributed by atoms with Gasteiger partial charge in [-0.1, -0.05) is 67.9 Å². The summed E-state index contributed by atoms with van der Waals surface area (Å²) in [7, 11) is 0. The zero-order chi connectivity index (χ0) is 21.6. The molecule has 0 saturated heterocycles. The fourth-order valence-corrected chi connectivity index (χ4v) is 3.92. The van der Waals surface area contributed by atoms with E-state index in [1.807, 2.05) is 37.3 Å². The van der Waals surface area contributed by atoms with Gasteiger partial charge in [-0.05, 0) is 48.2 Å². The van der Waals surface area contributed by atoms with Gasteiger partial charge in [-0.3, -0.25) is 0 Å². The number of para-hydroxylation sites is 2. The van der Waals surface area contributed by atoms with E-state index < -0.39 is 0 Å². The van der Waals surface area contributed by atoms with Gasteiger partial charge in [0.25, 0.3) is 0 Å². The molecule has 3 aromatic carbocycles. The van der Waals surface area contributed by atoms with E-state index in [9.17, 15) is 4.79 Å². The molecule has 0 fully saturated rings. The summed E-state index contributed by atoms with van der Waals surface area (Å²) >= 11 is 0. The Balaban J connectivity index is 1.63. The Morgan fingerprint density at radius 1 is 0.935 bits per heavy atom. The van der Waals surface area contributed by atoms with Crippen LogP contribution in [0, 0.1) is 0 Å². The van der Waals surface area contributed by atoms with Gasteiger partial charge in [-0.15, -0.1) is 0 Å². The lowest BCUT2D eigenvalue weighted by Gasteiger charge is -2.12. The second kappa shape index (κ2) is 9.61. The van der Waals surface area contributed by atoms with E-state index in [2.05, 4.69) is 54.0 Å². The summed E-state index contributed by atoms with van der Waals surface area (Å²) < 4.78 is 7.55. The third kappa shape index (κ3) is 4.53. The number of esters is 1. The van der Waals surface area contributed by atoms with Crippen LogP contribution in [0.5, 0.6) is 0 Å². The first-order chi connectivity index (χ1) is 15.2. The zero-order valence-corrected chi connectivity index (χ0v) is 18.2. The fraction of sp³-hybridized carbons (Fsp3) is 0.259. The number of benzene rings is 3. The Hall–Kier alpha value is -3.40. The highest BCUT2D eigenvalue weighted by Gasteiger charge is 2.14. The molecule has 0 aliphatic heterocycles. The maximum atomic E-state index is 12.3. The molecule has 1 aromatic heterocycles. The van der Waals surface area contributed by atoms with Gasteiger partial charge in [0.1, 0.15) is 5.82 Å². The number of unbranched alkanes of at least 4 members (excludes halogenated alkanes) is 1. The van der Waals surface area contributed by atoms with Crippen LogP contribution in [0.2, 0.25) is 0 Å². The molecule has 0 aliphatic rings. The first kappa shape index (κ1) is 20.9. The normalized spacial score (nSPS) is 11.0. The molecule has 0 saturated carbocycles. The average Bonchev–Trinajstić information content (AvgIpc) is 3.15. The van der Waals surface area contributed by atoms with Crippen molar-refractivity contribution in [2.75, 3.05) is 6.61 Å². The molecule has 0 N–H and O–H groups in total. The Bertz CT molecular complexity index is 1180. The van der Waals surface area contributed by atoms with Crippen molar-refractivity contribution >= 4 is 17.0 Å². The minimum absolute atomic E-state index is 0.285. The van der Waals surface area contributed by atoms with Gasteiger partial charge in [0.15, 0.2) is 0 Å². The number of rotatable bonds is 8. The van der Waals surface area contributed by atoms with Crippen LogP contribution in [0.25, 0.3) is 22.2 Å². The Labute approximate surface area is 183 Å². The van der Waals surface area contributed by atoms with E-state index in [0.29, 0.717) is 12.2 Å². The Morgan fingerprint density at radius 2 is 1.68 bits per heavy atom. The lowest BCUT2D eigenvalue weighted by atomic mass is 9.98. The van der Waals surface area contributed by atoms with Crippen molar-refractivity contribution in [3.63, 3.8) is 0 Å². The molecule has 4 rings (SSSR count). The molecular weight excluding hydrogens is 384 g/mol. The number of hydrogen-bond donors (Lipinski definition) is 0. The lowest BCUT2D eigenvalue weighted by molar-refractivity contribution is 0.0527. The molecule has 0 atom stereocenters. The van der Waals surface area contributed by atoms with Crippen molar-refractivity contribution in [2.45, 2.75) is 39.7 Å². The van der Waals surface area contributed by atoms with Crippen LogP contribution in [0.3, 0.4) is 0 Å². The highest BCUT2D eigenvalue weighted by molar-refractivity contribution is 5.97. The summed E-state index contributed by atoms with van der Waals surface area (Å²) in [6, 6.07) is 24.4. The molecule has 0 amide bonds. The summed E-state index contributed by atoms with van der Waals surface area (Å²) in [6.45, 7) is 5.18. The SMILES string of the molecule is CCCCc1nc2ccccc2n1Cc1ccc(-c2ccccc2C(=O)OCC)cc1. The van der Waals surface area contributed by atoms with Gasteiger partial charge in [0, 0.05) is 13.0 Å². The van der Waals surface area contributed by atoms with Crippen molar-refractivity contribution in [2.24, 2.45) is 0 Å². The van der Waals surface area contributed by atoms with Crippen LogP contribution < -0.4 is 0 Å². The number of carbonyl (C=O) groups is 1. The molecule has 0 radical (unpaired) electrons. The molecule has 0 spiro atoms. The zero-order valence-electron chi connectivity index (χ0n) is 18.2. The van der Waals surface area contributed by atoms with E-state index in [0.717, 1.165) is 48.3 Å². The fourth-order valence-electron chi connectivity index (χ4n) is 3.92. The van der Waals surface area contributed by atoms with Crippen LogP contribution in [0.15, 0.2) is 72.8 Å². The van der Waals surface area contributed by atoms with Crippen LogP contribution in [0.1, 0.15) is 48.4 Å². The van der Waals surface area contributed by atoms with E-state index in [1.54, 1.807) is 0 Å². The van der Waals surface area contributed by atoms with E-state index in [4.69, 9.17) is 9.72 Å². The molecule has 1 heterocycles. The molecular formula is C27H28N2O2. The molecule has 4 nitrogen and oxygen atoms in total. The smallest absolute Gasteiger partial charge is 0.338 e. The second-order valence-electron chi connectivity index (χ2n) is 7.67. The van der Waals surface area contributed by atoms with Crippen molar-refractivity contribution in [1.29, 1.82) is 0 Å². The van der Waals surface area contributed by atoms with Gasteiger partial charge >= 0.3 is 5.97 Å². The van der Waals surface area contributed by atoms with Gasteiger partial charge in [0.2, 0.25) is 0 Å². The maximum absolute atomic E-state index is 12.3. The largest absolute Gasteiger partial charge is 0.462 e. The topological polar surface area (TPSA) is 44.1 Å². The second-order valence-corrected chi connectivity index (χ2v) is 7.67. The summed E-state index contributed by atoms with van der Waals surface area (Å²) in [5.41, 5.74) is 5.93. The van der Waals surface area contributed by atoms with Crippen LogP contribution in [0.4, 0.5) is 0 Å². The first-order valence-electron chi connectivity index (χ1n) is 11.0. The van der Waals surface area contributed by atoms with Crippen molar-refractivity contribution in [3.05, 3.63) is 89.7 Å². The number of carbonyl (C=O) groups excluding carboxylic acids is 1. The van der Waals surface area contributed by atoms with Gasteiger partial charge in [-0.2, -0.15) is 0 Å². The highest BCUT2D eigenvalue weighted by Crippen LogP contribution is 2.26. The van der Waals surface area contributed by atoms with E-state index in [1.165, 1.54) is 11.1 Å². The van der Waals surface area contributed by atoms with Gasteiger partial charge < -0.3 is 9.30 Å². The number of aryl methyl sites for hydroxylation is 1. The van der Waals surface area contributed by atoms with Crippen LogP contribution in [-0.2, 0) is 17.7 Å². The third-order valence-electron chi connectivity index (χ3n) is 5.52. The van der Waals surface area contributed by atoms with E-state index in [-0.39, 0.29) is 5.97 Å². The minimum Gasteiger partial charge on any atom is -0.462 e. The number of hydrogen-bond acceptors (Lipinski definition) is 3. The summed E-state index contributed by atoms with van der Waals surface area (Å²) in [5, 5.41) is 0. The summed E-state index contributed by atoms with van der Waals surface area (Å²) in [5.74, 6) is 0.854. The third-order valence-corrected chi connectivity index (χ3v) is 5.52. The predicted octanol–water partition coefficient (Wildman–Crippen LogP) is 6.27. The minimum atomic E-state index is -0.285. The predicted molar refractivity (Wildman–Crippen MR) is 125 cm³/mol. The lowest BCUT2D eigenvalue weighted by Crippen LogP contribution is -2.07. The standard InChI is InChI=1S/C27H28N2O2/c1-3-5-14-26-28-24-12-8-9-13-25(24)29(26)19-20-15-17-21(18-16-20)22-10-6-7-11-23(22)27(30)31-4-2/h6-13,15-18H,3-5,14,19H2,1-2H3. The first-order valence-corrected chi connectivity index (χ1v) is 11.0. The van der Waals surface area contributed by atoms with Crippen molar-refractivity contribution in [1.82, 2.24) is 9.55 Å². The van der Waals surface area contributed by atoms with Crippen molar-refractivity contribution in [3.8, 4) is 11.1 Å². The number of imidazole rings is 1. The molecule has 0 bridgehead atoms. The van der Waals surface area contributed by atoms with Crippen molar-refractivity contribution < 1.29 is 9.53 Å². The molecule has 4 aromatic rings. The number of nitrogens with zero attached hydrogens (tertiary/aromatic N) is 2. The molecule has 31 heavy (non-hydrogen) atoms. The molecule has 4 heteroatoms. The average molecular weight is 413 g/mol. The number of fused-ring (bicyclic) bond motifs is 1. The molecule has 0 aliphatic carbocycles. The highest BCUT2D eigenvalue weighted by atomic mass is 16.5. The quantitative estimate of drug-likeness (QED) is 0.320. The maximum Gasteiger partial charge on any atom is 0.338 e. The summed E-state index contributed by atoms with van der Waals surface area (Å²) in [4.78, 5) is 17.2. The number of ether oxygens (including phenoxy) is 1. The molecule has 158 valence electrons. The van der Waals surface area contributed by atoms with Crippen LogP contribution in [-0.4, -0.2) is 22.1 Å². The van der Waals surface area contributed by atoms with E-state index >= 15 is 0 Å². The van der Waals surface area contributed by atoms with Gasteiger partial charge in [-0.25, -0.2) is 9.78 Å². The molecule has 0 unspecified atom stereocenters. The van der Waals surface area contributed by atoms with Gasteiger partial charge in [0.05, 0.1) is 23.2 Å². The van der Waals surface area contributed by atoms with Crippen LogP contribution >= 0.6 is 0 Å². The monoisotopic (exact) mass is 412 g/mol. The summed E-state index contributed by atoms with van der Waals surface area (Å²) in [6.07, 6.45) is 3.26. The Morgan fingerprint density at radius 3 is 2.45 bits per heavy atom.